The van der Waals surface area contributed by atoms with Crippen LogP contribution >= 0.6 is 0 Å². The Balaban J connectivity index is 1.42. The van der Waals surface area contributed by atoms with Crippen LogP contribution < -0.4 is 9.64 Å². The predicted octanol–water partition coefficient (Wildman–Crippen LogP) is 3.08. The molecule has 0 aliphatic carbocycles. The molecular weight excluding hydrogens is 404 g/mol. The third kappa shape index (κ3) is 3.91. The molecule has 0 saturated carbocycles. The molecule has 3 aromatic rings. The normalized spacial score (nSPS) is 14.6. The fourth-order valence-corrected chi connectivity index (χ4v) is 4.61. The SMILES string of the molecule is COc1ccc(N2CCN(C(=O)c3ccc(S(=O)(=O)c4ccccc4)o3)CC2)cc1. The number of piperazine rings is 1. The highest BCUT2D eigenvalue weighted by Gasteiger charge is 2.27. The van der Waals surface area contributed by atoms with Gasteiger partial charge in [0.15, 0.2) is 5.76 Å². The first kappa shape index (κ1) is 20.0. The number of anilines is 1. The first-order chi connectivity index (χ1) is 14.5. The second-order valence-corrected chi connectivity index (χ2v) is 8.79. The summed E-state index contributed by atoms with van der Waals surface area (Å²) in [5.74, 6) is 0.521. The zero-order chi connectivity index (χ0) is 21.1. The van der Waals surface area contributed by atoms with Crippen LogP contribution in [0.15, 0.2) is 81.1 Å². The van der Waals surface area contributed by atoms with Gasteiger partial charge in [0, 0.05) is 31.9 Å². The number of rotatable bonds is 5. The van der Waals surface area contributed by atoms with Gasteiger partial charge in [0.1, 0.15) is 5.75 Å². The summed E-state index contributed by atoms with van der Waals surface area (Å²) in [7, 11) is -2.16. The number of methoxy groups -OCH3 is 1. The lowest BCUT2D eigenvalue weighted by atomic mass is 10.2. The molecule has 2 aromatic carbocycles. The quantitative estimate of drug-likeness (QED) is 0.624. The van der Waals surface area contributed by atoms with E-state index >= 15 is 0 Å². The van der Waals surface area contributed by atoms with Crippen molar-refractivity contribution in [3.05, 3.63) is 72.5 Å². The van der Waals surface area contributed by atoms with Gasteiger partial charge in [-0.3, -0.25) is 4.79 Å². The van der Waals surface area contributed by atoms with Gasteiger partial charge in [-0.15, -0.1) is 0 Å². The molecule has 1 fully saturated rings. The van der Waals surface area contributed by atoms with Crippen molar-refractivity contribution in [3.8, 4) is 5.75 Å². The molecule has 8 heteroatoms. The molecule has 156 valence electrons. The average molecular weight is 426 g/mol. The van der Waals surface area contributed by atoms with E-state index in [-0.39, 0.29) is 21.7 Å². The van der Waals surface area contributed by atoms with Crippen molar-refractivity contribution in [1.29, 1.82) is 0 Å². The molecule has 1 aromatic heterocycles. The maximum absolute atomic E-state index is 12.8. The van der Waals surface area contributed by atoms with Crippen LogP contribution in [0, 0.1) is 0 Å². The summed E-state index contributed by atoms with van der Waals surface area (Å²) < 4.78 is 35.9. The Morgan fingerprint density at radius 2 is 1.57 bits per heavy atom. The third-order valence-electron chi connectivity index (χ3n) is 5.11. The Hall–Kier alpha value is -3.26. The topological polar surface area (TPSA) is 80.1 Å². The molecule has 0 bridgehead atoms. The average Bonchev–Trinajstić information content (AvgIpc) is 3.31. The van der Waals surface area contributed by atoms with Crippen molar-refractivity contribution < 1.29 is 22.4 Å². The van der Waals surface area contributed by atoms with Crippen molar-refractivity contribution in [2.45, 2.75) is 9.99 Å². The Morgan fingerprint density at radius 1 is 0.900 bits per heavy atom. The van der Waals surface area contributed by atoms with Crippen molar-refractivity contribution >= 4 is 21.4 Å². The predicted molar refractivity (Wildman–Crippen MR) is 112 cm³/mol. The number of nitrogens with zero attached hydrogens (tertiary/aromatic N) is 2. The van der Waals surface area contributed by atoms with E-state index in [0.717, 1.165) is 11.4 Å². The molecule has 0 radical (unpaired) electrons. The maximum atomic E-state index is 12.8. The highest BCUT2D eigenvalue weighted by molar-refractivity contribution is 7.91. The molecule has 0 N–H and O–H groups in total. The van der Waals surface area contributed by atoms with Gasteiger partial charge in [0.25, 0.3) is 5.91 Å². The summed E-state index contributed by atoms with van der Waals surface area (Å²) in [5, 5.41) is -0.228. The minimum atomic E-state index is -3.79. The van der Waals surface area contributed by atoms with Gasteiger partial charge >= 0.3 is 0 Å². The van der Waals surface area contributed by atoms with Crippen LogP contribution in [-0.4, -0.2) is 52.5 Å². The van der Waals surface area contributed by atoms with Gasteiger partial charge < -0.3 is 19.0 Å². The number of amides is 1. The van der Waals surface area contributed by atoms with Crippen LogP contribution in [-0.2, 0) is 9.84 Å². The van der Waals surface area contributed by atoms with Crippen molar-refractivity contribution in [2.24, 2.45) is 0 Å². The number of carbonyl (C=O) groups is 1. The summed E-state index contributed by atoms with van der Waals surface area (Å²) in [6.07, 6.45) is 0. The van der Waals surface area contributed by atoms with Crippen LogP contribution in [0.25, 0.3) is 0 Å². The van der Waals surface area contributed by atoms with E-state index in [1.165, 1.54) is 24.3 Å². The monoisotopic (exact) mass is 426 g/mol. The highest BCUT2D eigenvalue weighted by Crippen LogP contribution is 2.24. The molecule has 4 rings (SSSR count). The number of hydrogen-bond donors (Lipinski definition) is 0. The number of carbonyl (C=O) groups excluding carboxylic acids is 1. The molecule has 30 heavy (non-hydrogen) atoms. The van der Waals surface area contributed by atoms with E-state index in [9.17, 15) is 13.2 Å². The minimum absolute atomic E-state index is 0.0300. The zero-order valence-corrected chi connectivity index (χ0v) is 17.3. The molecule has 1 saturated heterocycles. The Morgan fingerprint density at radius 3 is 2.20 bits per heavy atom. The Bertz CT molecular complexity index is 1120. The summed E-state index contributed by atoms with van der Waals surface area (Å²) in [6, 6.07) is 18.6. The molecule has 0 unspecified atom stereocenters. The van der Waals surface area contributed by atoms with E-state index in [1.54, 1.807) is 30.2 Å². The van der Waals surface area contributed by atoms with Gasteiger partial charge in [-0.2, -0.15) is 0 Å². The summed E-state index contributed by atoms with van der Waals surface area (Å²) in [6.45, 7) is 2.39. The van der Waals surface area contributed by atoms with E-state index in [1.807, 2.05) is 24.3 Å². The van der Waals surface area contributed by atoms with E-state index < -0.39 is 9.84 Å². The van der Waals surface area contributed by atoms with E-state index in [0.29, 0.717) is 26.2 Å². The van der Waals surface area contributed by atoms with E-state index in [2.05, 4.69) is 4.90 Å². The van der Waals surface area contributed by atoms with E-state index in [4.69, 9.17) is 9.15 Å². The van der Waals surface area contributed by atoms with Crippen LogP contribution in [0.1, 0.15) is 10.6 Å². The minimum Gasteiger partial charge on any atom is -0.497 e. The van der Waals surface area contributed by atoms with Crippen molar-refractivity contribution in [1.82, 2.24) is 4.90 Å². The second-order valence-electron chi connectivity index (χ2n) is 6.91. The Kier molecular flexibility index (Phi) is 5.50. The molecule has 1 aliphatic rings. The van der Waals surface area contributed by atoms with Crippen LogP contribution in [0.3, 0.4) is 0 Å². The summed E-state index contributed by atoms with van der Waals surface area (Å²) in [5.41, 5.74) is 1.07. The largest absolute Gasteiger partial charge is 0.497 e. The van der Waals surface area contributed by atoms with Crippen molar-refractivity contribution in [2.75, 3.05) is 38.2 Å². The van der Waals surface area contributed by atoms with Gasteiger partial charge in [-0.05, 0) is 48.5 Å². The van der Waals surface area contributed by atoms with Crippen LogP contribution in [0.2, 0.25) is 0 Å². The standard InChI is InChI=1S/C22H22N2O5S/c1-28-18-9-7-17(8-10-18)23-13-15-24(16-14-23)22(25)20-11-12-21(29-20)30(26,27)19-5-3-2-4-6-19/h2-12H,13-16H2,1H3. The molecule has 2 heterocycles. The number of sulfone groups is 1. The van der Waals surface area contributed by atoms with Gasteiger partial charge in [-0.1, -0.05) is 18.2 Å². The molecule has 0 spiro atoms. The fraction of sp³-hybridized carbons (Fsp3) is 0.227. The molecule has 1 aliphatic heterocycles. The first-order valence-corrected chi connectivity index (χ1v) is 11.1. The number of hydrogen-bond acceptors (Lipinski definition) is 6. The van der Waals surface area contributed by atoms with Crippen molar-refractivity contribution in [3.63, 3.8) is 0 Å². The third-order valence-corrected chi connectivity index (χ3v) is 6.76. The zero-order valence-electron chi connectivity index (χ0n) is 16.5. The first-order valence-electron chi connectivity index (χ1n) is 9.57. The second kappa shape index (κ2) is 8.23. The number of benzene rings is 2. The Labute approximate surface area is 175 Å². The number of ether oxygens (including phenoxy) is 1. The van der Waals surface area contributed by atoms with Gasteiger partial charge in [0.05, 0.1) is 12.0 Å². The summed E-state index contributed by atoms with van der Waals surface area (Å²) >= 11 is 0. The molecule has 1 amide bonds. The number of furan rings is 1. The lowest BCUT2D eigenvalue weighted by Crippen LogP contribution is -2.48. The smallest absolute Gasteiger partial charge is 0.289 e. The lowest BCUT2D eigenvalue weighted by molar-refractivity contribution is 0.0709. The highest BCUT2D eigenvalue weighted by atomic mass is 32.2. The van der Waals surface area contributed by atoms with Gasteiger partial charge in [0.2, 0.25) is 14.9 Å². The van der Waals surface area contributed by atoms with Crippen LogP contribution in [0.5, 0.6) is 5.75 Å². The molecule has 7 nitrogen and oxygen atoms in total. The fourth-order valence-electron chi connectivity index (χ4n) is 3.41. The molecule has 0 atom stereocenters. The molecular formula is C22H22N2O5S. The van der Waals surface area contributed by atoms with Gasteiger partial charge in [-0.25, -0.2) is 8.42 Å². The lowest BCUT2D eigenvalue weighted by Gasteiger charge is -2.35. The summed E-state index contributed by atoms with van der Waals surface area (Å²) in [4.78, 5) is 16.8. The van der Waals surface area contributed by atoms with Crippen LogP contribution in [0.4, 0.5) is 5.69 Å². The maximum Gasteiger partial charge on any atom is 0.289 e.